The van der Waals surface area contributed by atoms with Gasteiger partial charge in [-0.05, 0) is 24.6 Å². The quantitative estimate of drug-likeness (QED) is 0.791. The number of benzene rings is 2. The molecule has 0 aliphatic carbocycles. The molecular weight excluding hydrogens is 286 g/mol. The van der Waals surface area contributed by atoms with Crippen molar-refractivity contribution in [1.82, 2.24) is 5.32 Å². The zero-order valence-corrected chi connectivity index (χ0v) is 13.1. The Hall–Kier alpha value is -1.71. The van der Waals surface area contributed by atoms with Crippen LogP contribution in [0.2, 0.25) is 5.02 Å². The smallest absolute Gasteiger partial charge is 0.165 e. The monoisotopic (exact) mass is 305 g/mol. The third kappa shape index (κ3) is 4.38. The molecule has 4 heteroatoms. The first-order chi connectivity index (χ1) is 10.2. The summed E-state index contributed by atoms with van der Waals surface area (Å²) in [6.45, 7) is 1.58. The third-order valence-corrected chi connectivity index (χ3v) is 3.49. The van der Waals surface area contributed by atoms with Gasteiger partial charge >= 0.3 is 0 Å². The molecule has 0 bridgehead atoms. The molecule has 0 radical (unpaired) electrons. The van der Waals surface area contributed by atoms with Gasteiger partial charge in [0.05, 0.1) is 14.2 Å². The maximum Gasteiger partial charge on any atom is 0.165 e. The lowest BCUT2D eigenvalue weighted by molar-refractivity contribution is 0.351. The number of methoxy groups -OCH3 is 2. The molecule has 0 aromatic heterocycles. The molecular formula is C17H20ClNO2. The van der Waals surface area contributed by atoms with Crippen molar-refractivity contribution in [3.05, 3.63) is 58.6 Å². The highest BCUT2D eigenvalue weighted by atomic mass is 35.5. The summed E-state index contributed by atoms with van der Waals surface area (Å²) >= 11 is 6.10. The SMILES string of the molecule is COc1cc(Cl)cc(CNCCc2ccccc2)c1OC. The molecule has 0 fully saturated rings. The van der Waals surface area contributed by atoms with E-state index in [2.05, 4.69) is 29.6 Å². The van der Waals surface area contributed by atoms with Gasteiger partial charge in [0, 0.05) is 23.2 Å². The number of nitrogens with one attached hydrogen (secondary N) is 1. The van der Waals surface area contributed by atoms with Crippen molar-refractivity contribution in [3.8, 4) is 11.5 Å². The lowest BCUT2D eigenvalue weighted by Gasteiger charge is -2.14. The van der Waals surface area contributed by atoms with Gasteiger partial charge in [0.2, 0.25) is 0 Å². The van der Waals surface area contributed by atoms with E-state index in [0.717, 1.165) is 24.3 Å². The highest BCUT2D eigenvalue weighted by Crippen LogP contribution is 2.34. The fourth-order valence-electron chi connectivity index (χ4n) is 2.24. The zero-order valence-electron chi connectivity index (χ0n) is 12.4. The Morgan fingerprint density at radius 2 is 1.81 bits per heavy atom. The molecule has 0 heterocycles. The zero-order chi connectivity index (χ0) is 15.1. The van der Waals surface area contributed by atoms with E-state index in [4.69, 9.17) is 21.1 Å². The van der Waals surface area contributed by atoms with Crippen molar-refractivity contribution in [1.29, 1.82) is 0 Å². The molecule has 0 spiro atoms. The van der Waals surface area contributed by atoms with Crippen LogP contribution in [0.1, 0.15) is 11.1 Å². The second kappa shape index (κ2) is 7.91. The number of hydrogen-bond donors (Lipinski definition) is 1. The number of ether oxygens (including phenoxy) is 2. The minimum absolute atomic E-state index is 0.646. The van der Waals surface area contributed by atoms with Crippen molar-refractivity contribution in [3.63, 3.8) is 0 Å². The summed E-state index contributed by atoms with van der Waals surface area (Å²) in [7, 11) is 3.25. The van der Waals surface area contributed by atoms with Crippen molar-refractivity contribution in [2.75, 3.05) is 20.8 Å². The van der Waals surface area contributed by atoms with Crippen LogP contribution >= 0.6 is 11.6 Å². The van der Waals surface area contributed by atoms with Crippen molar-refractivity contribution in [2.45, 2.75) is 13.0 Å². The van der Waals surface area contributed by atoms with E-state index in [0.29, 0.717) is 17.3 Å². The molecule has 0 saturated heterocycles. The van der Waals surface area contributed by atoms with Crippen molar-refractivity contribution < 1.29 is 9.47 Å². The minimum atomic E-state index is 0.646. The van der Waals surface area contributed by atoms with Crippen molar-refractivity contribution in [2.24, 2.45) is 0 Å². The summed E-state index contributed by atoms with van der Waals surface area (Å²) in [6, 6.07) is 14.1. The molecule has 1 N–H and O–H groups in total. The van der Waals surface area contributed by atoms with E-state index < -0.39 is 0 Å². The Bertz CT molecular complexity index is 573. The molecule has 0 saturated carbocycles. The van der Waals surface area contributed by atoms with Crippen molar-refractivity contribution >= 4 is 11.6 Å². The van der Waals surface area contributed by atoms with Gasteiger partial charge in [-0.1, -0.05) is 41.9 Å². The Morgan fingerprint density at radius 3 is 2.48 bits per heavy atom. The molecule has 0 aliphatic rings. The average molecular weight is 306 g/mol. The summed E-state index contributed by atoms with van der Waals surface area (Å²) in [5, 5.41) is 4.06. The van der Waals surface area contributed by atoms with Gasteiger partial charge in [0.25, 0.3) is 0 Å². The van der Waals surface area contributed by atoms with Gasteiger partial charge in [0.1, 0.15) is 0 Å². The summed E-state index contributed by atoms with van der Waals surface area (Å²) in [5.41, 5.74) is 2.32. The van der Waals surface area contributed by atoms with E-state index in [1.54, 1.807) is 20.3 Å². The first-order valence-electron chi connectivity index (χ1n) is 6.89. The molecule has 2 aromatic carbocycles. The molecule has 0 unspecified atom stereocenters. The number of hydrogen-bond acceptors (Lipinski definition) is 3. The maximum atomic E-state index is 6.10. The molecule has 21 heavy (non-hydrogen) atoms. The average Bonchev–Trinajstić information content (AvgIpc) is 2.52. The van der Waals surface area contributed by atoms with Crippen LogP contribution in [0.15, 0.2) is 42.5 Å². The predicted molar refractivity (Wildman–Crippen MR) is 86.4 cm³/mol. The molecule has 2 aromatic rings. The fraction of sp³-hybridized carbons (Fsp3) is 0.294. The Kier molecular flexibility index (Phi) is 5.90. The molecule has 3 nitrogen and oxygen atoms in total. The van der Waals surface area contributed by atoms with Gasteiger partial charge in [-0.2, -0.15) is 0 Å². The first kappa shape index (κ1) is 15.7. The lowest BCUT2D eigenvalue weighted by Crippen LogP contribution is -2.17. The topological polar surface area (TPSA) is 30.5 Å². The fourth-order valence-corrected chi connectivity index (χ4v) is 2.47. The molecule has 112 valence electrons. The normalized spacial score (nSPS) is 10.4. The van der Waals surface area contributed by atoms with Crippen LogP contribution in [-0.2, 0) is 13.0 Å². The summed E-state index contributed by atoms with van der Waals surface area (Å²) < 4.78 is 10.7. The summed E-state index contributed by atoms with van der Waals surface area (Å²) in [4.78, 5) is 0. The Balaban J connectivity index is 1.95. The van der Waals surface area contributed by atoms with Gasteiger partial charge in [-0.3, -0.25) is 0 Å². The number of rotatable bonds is 7. The second-order valence-electron chi connectivity index (χ2n) is 4.71. The summed E-state index contributed by atoms with van der Waals surface area (Å²) in [6.07, 6.45) is 0.987. The highest BCUT2D eigenvalue weighted by Gasteiger charge is 2.11. The molecule has 0 atom stereocenters. The minimum Gasteiger partial charge on any atom is -0.493 e. The van der Waals surface area contributed by atoms with Crippen LogP contribution in [0.4, 0.5) is 0 Å². The predicted octanol–water partition coefficient (Wildman–Crippen LogP) is 3.69. The summed E-state index contributed by atoms with van der Waals surface area (Å²) in [5.74, 6) is 1.39. The van der Waals surface area contributed by atoms with Crippen LogP contribution in [-0.4, -0.2) is 20.8 Å². The number of halogens is 1. The van der Waals surface area contributed by atoms with Gasteiger partial charge < -0.3 is 14.8 Å². The molecule has 2 rings (SSSR count). The van der Waals surface area contributed by atoms with E-state index in [-0.39, 0.29) is 0 Å². The van der Waals surface area contributed by atoms with Crippen LogP contribution in [0.5, 0.6) is 11.5 Å². The third-order valence-electron chi connectivity index (χ3n) is 3.27. The van der Waals surface area contributed by atoms with Crippen LogP contribution < -0.4 is 14.8 Å². The van der Waals surface area contributed by atoms with E-state index in [1.165, 1.54) is 5.56 Å². The highest BCUT2D eigenvalue weighted by molar-refractivity contribution is 6.30. The van der Waals surface area contributed by atoms with E-state index in [1.807, 2.05) is 12.1 Å². The van der Waals surface area contributed by atoms with E-state index in [9.17, 15) is 0 Å². The maximum absolute atomic E-state index is 6.10. The van der Waals surface area contributed by atoms with Gasteiger partial charge in [-0.15, -0.1) is 0 Å². The van der Waals surface area contributed by atoms with Crippen LogP contribution in [0.3, 0.4) is 0 Å². The van der Waals surface area contributed by atoms with Crippen LogP contribution in [0.25, 0.3) is 0 Å². The lowest BCUT2D eigenvalue weighted by atomic mass is 10.1. The van der Waals surface area contributed by atoms with E-state index >= 15 is 0 Å². The van der Waals surface area contributed by atoms with Gasteiger partial charge in [-0.25, -0.2) is 0 Å². The standard InChI is InChI=1S/C17H20ClNO2/c1-20-16-11-15(18)10-14(17(16)21-2)12-19-9-8-13-6-4-3-5-7-13/h3-7,10-11,19H,8-9,12H2,1-2H3. The molecule has 0 aliphatic heterocycles. The first-order valence-corrected chi connectivity index (χ1v) is 7.27. The molecule has 0 amide bonds. The Labute approximate surface area is 130 Å². The second-order valence-corrected chi connectivity index (χ2v) is 5.15. The van der Waals surface area contributed by atoms with Crippen LogP contribution in [0, 0.1) is 0 Å². The Morgan fingerprint density at radius 1 is 1.05 bits per heavy atom. The van der Waals surface area contributed by atoms with Gasteiger partial charge in [0.15, 0.2) is 11.5 Å². The largest absolute Gasteiger partial charge is 0.493 e.